The monoisotopic (exact) mass is 411 g/mol. The number of thiophene rings is 1. The zero-order valence-corrected chi connectivity index (χ0v) is 16.8. The van der Waals surface area contributed by atoms with E-state index in [0.717, 1.165) is 36.1 Å². The van der Waals surface area contributed by atoms with Crippen LogP contribution < -0.4 is 10.2 Å². The smallest absolute Gasteiger partial charge is 0.341 e. The molecule has 1 unspecified atom stereocenters. The molecule has 6 nitrogen and oxygen atoms in total. The average Bonchev–Trinajstić information content (AvgIpc) is 3.46. The minimum atomic E-state index is -1.21. The molecule has 7 heteroatoms. The number of aromatic carboxylic acids is 1. The lowest BCUT2D eigenvalue weighted by molar-refractivity contribution is 0.0694. The van der Waals surface area contributed by atoms with E-state index in [0.29, 0.717) is 23.1 Å². The van der Waals surface area contributed by atoms with Crippen LogP contribution in [0.1, 0.15) is 46.1 Å². The standard InChI is InChI=1S/C22H21NO5S/c1-28-21-14(18-9-11-8-13(24)4-7-17(11)29-18)5-6-15-19(21)23(12-2-3-12)10-16(20(15)25)22(26)27/h5-6,9-10,12-13,24H,2-4,7-8H2,1H3,(H,26,27). The Morgan fingerprint density at radius 1 is 1.28 bits per heavy atom. The van der Waals surface area contributed by atoms with Gasteiger partial charge >= 0.3 is 5.97 Å². The van der Waals surface area contributed by atoms with Crippen LogP contribution in [0.4, 0.5) is 0 Å². The number of nitrogens with zero attached hydrogens (tertiary/aromatic N) is 1. The molecule has 1 atom stereocenters. The molecule has 0 amide bonds. The summed E-state index contributed by atoms with van der Waals surface area (Å²) in [5, 5.41) is 19.8. The van der Waals surface area contributed by atoms with E-state index in [2.05, 4.69) is 6.07 Å². The summed E-state index contributed by atoms with van der Waals surface area (Å²) in [6.07, 6.45) is 5.39. The van der Waals surface area contributed by atoms with Crippen molar-refractivity contribution in [3.8, 4) is 16.2 Å². The molecular weight excluding hydrogens is 390 g/mol. The molecular formula is C22H21NO5S. The molecule has 3 aromatic rings. The molecule has 29 heavy (non-hydrogen) atoms. The van der Waals surface area contributed by atoms with Crippen LogP contribution in [-0.4, -0.2) is 34.0 Å². The van der Waals surface area contributed by atoms with Gasteiger partial charge in [0.15, 0.2) is 5.75 Å². The summed E-state index contributed by atoms with van der Waals surface area (Å²) in [5.41, 5.74) is 2.04. The van der Waals surface area contributed by atoms with Crippen molar-refractivity contribution in [1.29, 1.82) is 0 Å². The predicted octanol–water partition coefficient (Wildman–Crippen LogP) is 3.62. The van der Waals surface area contributed by atoms with Gasteiger partial charge in [-0.1, -0.05) is 0 Å². The number of pyridine rings is 1. The number of aliphatic hydroxyl groups is 1. The summed E-state index contributed by atoms with van der Waals surface area (Å²) in [4.78, 5) is 26.7. The largest absolute Gasteiger partial charge is 0.494 e. The van der Waals surface area contributed by atoms with Crippen LogP contribution in [0, 0.1) is 0 Å². The van der Waals surface area contributed by atoms with Gasteiger partial charge in [0.05, 0.1) is 24.1 Å². The lowest BCUT2D eigenvalue weighted by atomic mass is 9.96. The highest BCUT2D eigenvalue weighted by molar-refractivity contribution is 7.15. The summed E-state index contributed by atoms with van der Waals surface area (Å²) in [7, 11) is 1.59. The van der Waals surface area contributed by atoms with Gasteiger partial charge in [0.1, 0.15) is 5.56 Å². The van der Waals surface area contributed by atoms with Crippen LogP contribution in [0.2, 0.25) is 0 Å². The number of aryl methyl sites for hydroxylation is 1. The lowest BCUT2D eigenvalue weighted by Gasteiger charge is -2.17. The Kier molecular flexibility index (Phi) is 4.26. The molecule has 2 aliphatic carbocycles. The number of carboxylic acid groups (broad SMARTS) is 1. The SMILES string of the molecule is COc1c(-c2cc3c(s2)CCC(O)C3)ccc2c(=O)c(C(=O)O)cn(C3CC3)c12. The van der Waals surface area contributed by atoms with Gasteiger partial charge in [0.2, 0.25) is 5.43 Å². The van der Waals surface area contributed by atoms with Crippen molar-refractivity contribution in [3.05, 3.63) is 50.6 Å². The highest BCUT2D eigenvalue weighted by atomic mass is 32.1. The van der Waals surface area contributed by atoms with Crippen LogP contribution in [0.3, 0.4) is 0 Å². The van der Waals surface area contributed by atoms with Crippen molar-refractivity contribution in [2.24, 2.45) is 0 Å². The quantitative estimate of drug-likeness (QED) is 0.685. The summed E-state index contributed by atoms with van der Waals surface area (Å²) in [6, 6.07) is 5.86. The molecule has 1 saturated carbocycles. The van der Waals surface area contributed by atoms with E-state index in [1.807, 2.05) is 10.6 Å². The van der Waals surface area contributed by atoms with E-state index in [4.69, 9.17) is 4.74 Å². The number of benzene rings is 1. The highest BCUT2D eigenvalue weighted by Crippen LogP contribution is 2.45. The third-order valence-electron chi connectivity index (χ3n) is 5.84. The zero-order valence-electron chi connectivity index (χ0n) is 16.0. The number of carboxylic acids is 1. The van der Waals surface area contributed by atoms with E-state index in [1.165, 1.54) is 16.6 Å². The van der Waals surface area contributed by atoms with Gasteiger partial charge in [-0.15, -0.1) is 11.3 Å². The Morgan fingerprint density at radius 3 is 2.76 bits per heavy atom. The summed E-state index contributed by atoms with van der Waals surface area (Å²) >= 11 is 1.70. The zero-order chi connectivity index (χ0) is 20.3. The van der Waals surface area contributed by atoms with Crippen molar-refractivity contribution < 1.29 is 19.7 Å². The molecule has 150 valence electrons. The van der Waals surface area contributed by atoms with Crippen molar-refractivity contribution in [3.63, 3.8) is 0 Å². The van der Waals surface area contributed by atoms with Gasteiger partial charge in [0.25, 0.3) is 0 Å². The van der Waals surface area contributed by atoms with Crippen LogP contribution in [0.25, 0.3) is 21.3 Å². The minimum absolute atomic E-state index is 0.187. The first kappa shape index (κ1) is 18.4. The molecule has 0 aliphatic heterocycles. The number of carbonyl (C=O) groups is 1. The Hall–Kier alpha value is -2.64. The Labute approximate surface area is 171 Å². The number of ether oxygens (including phenoxy) is 1. The van der Waals surface area contributed by atoms with Crippen molar-refractivity contribution >= 4 is 28.2 Å². The molecule has 5 rings (SSSR count). The first-order valence-electron chi connectivity index (χ1n) is 9.77. The topological polar surface area (TPSA) is 88.8 Å². The third kappa shape index (κ3) is 2.96. The number of rotatable bonds is 4. The normalized spacial score (nSPS) is 18.6. The van der Waals surface area contributed by atoms with E-state index in [9.17, 15) is 19.8 Å². The number of aliphatic hydroxyl groups excluding tert-OH is 1. The number of methoxy groups -OCH3 is 1. The van der Waals surface area contributed by atoms with E-state index < -0.39 is 11.4 Å². The van der Waals surface area contributed by atoms with Gasteiger partial charge in [-0.25, -0.2) is 4.79 Å². The molecule has 2 heterocycles. The average molecular weight is 411 g/mol. The first-order valence-corrected chi connectivity index (χ1v) is 10.6. The summed E-state index contributed by atoms with van der Waals surface area (Å²) in [5.74, 6) is -0.610. The van der Waals surface area contributed by atoms with E-state index >= 15 is 0 Å². The van der Waals surface area contributed by atoms with Crippen LogP contribution in [0.5, 0.6) is 5.75 Å². The number of aromatic nitrogens is 1. The second-order valence-electron chi connectivity index (χ2n) is 7.81. The molecule has 2 N–H and O–H groups in total. The van der Waals surface area contributed by atoms with Crippen LogP contribution in [0.15, 0.2) is 29.2 Å². The fourth-order valence-corrected chi connectivity index (χ4v) is 5.48. The van der Waals surface area contributed by atoms with Crippen molar-refractivity contribution in [2.75, 3.05) is 7.11 Å². The van der Waals surface area contributed by atoms with Gasteiger partial charge in [-0.2, -0.15) is 0 Å². The fraction of sp³-hybridized carbons (Fsp3) is 0.364. The summed E-state index contributed by atoms with van der Waals surface area (Å²) < 4.78 is 7.69. The second-order valence-corrected chi connectivity index (χ2v) is 8.95. The maximum Gasteiger partial charge on any atom is 0.341 e. The first-order chi connectivity index (χ1) is 14.0. The molecule has 0 spiro atoms. The minimum Gasteiger partial charge on any atom is -0.494 e. The van der Waals surface area contributed by atoms with Crippen molar-refractivity contribution in [1.82, 2.24) is 4.57 Å². The number of hydrogen-bond acceptors (Lipinski definition) is 5. The van der Waals surface area contributed by atoms with Crippen LogP contribution in [-0.2, 0) is 12.8 Å². The summed E-state index contributed by atoms with van der Waals surface area (Å²) in [6.45, 7) is 0. The van der Waals surface area contributed by atoms with Gasteiger partial charge < -0.3 is 19.5 Å². The van der Waals surface area contributed by atoms with E-state index in [-0.39, 0.29) is 17.7 Å². The molecule has 2 aromatic heterocycles. The molecule has 0 radical (unpaired) electrons. The maximum atomic E-state index is 12.8. The number of fused-ring (bicyclic) bond motifs is 2. The molecule has 2 aliphatic rings. The molecule has 0 bridgehead atoms. The van der Waals surface area contributed by atoms with Crippen LogP contribution >= 0.6 is 11.3 Å². The molecule has 0 saturated heterocycles. The molecule has 1 fully saturated rings. The fourth-order valence-electron chi connectivity index (χ4n) is 4.25. The van der Waals surface area contributed by atoms with Gasteiger partial charge in [-0.3, -0.25) is 4.79 Å². The van der Waals surface area contributed by atoms with Gasteiger partial charge in [-0.05, 0) is 55.9 Å². The Morgan fingerprint density at radius 2 is 2.07 bits per heavy atom. The van der Waals surface area contributed by atoms with E-state index in [1.54, 1.807) is 24.5 Å². The Bertz CT molecular complexity index is 1200. The second kappa shape index (κ2) is 6.71. The molecule has 1 aromatic carbocycles. The predicted molar refractivity (Wildman–Crippen MR) is 111 cm³/mol. The maximum absolute atomic E-state index is 12.8. The Balaban J connectivity index is 1.77. The van der Waals surface area contributed by atoms with Gasteiger partial charge in [0, 0.05) is 27.6 Å². The highest BCUT2D eigenvalue weighted by Gasteiger charge is 2.29. The number of hydrogen-bond donors (Lipinski definition) is 2. The van der Waals surface area contributed by atoms with Crippen molar-refractivity contribution in [2.45, 2.75) is 44.2 Å². The lowest BCUT2D eigenvalue weighted by Crippen LogP contribution is -2.19. The third-order valence-corrected chi connectivity index (χ3v) is 7.11.